The van der Waals surface area contributed by atoms with Crippen molar-refractivity contribution in [3.8, 4) is 11.1 Å². The number of benzene rings is 2. The number of hydrogen-bond acceptors (Lipinski definition) is 7. The van der Waals surface area contributed by atoms with Crippen molar-refractivity contribution in [2.24, 2.45) is 0 Å². The monoisotopic (exact) mass is 505 g/mol. The SMILES string of the molecule is Fc1ccc(CNC2CCCCC2)c(-c2ccccc2)c1.Nc1nccc(/C=C2\SC(=O)NC2=O)n1. The van der Waals surface area contributed by atoms with E-state index in [4.69, 9.17) is 5.73 Å². The number of nitrogens with one attached hydrogen (secondary N) is 2. The van der Waals surface area contributed by atoms with Gasteiger partial charge in [-0.05, 0) is 65.6 Å². The lowest BCUT2D eigenvalue weighted by atomic mass is 9.94. The summed E-state index contributed by atoms with van der Waals surface area (Å²) in [7, 11) is 0. The van der Waals surface area contributed by atoms with E-state index in [-0.39, 0.29) is 17.0 Å². The molecular formula is C27H28FN5O2S. The van der Waals surface area contributed by atoms with E-state index in [9.17, 15) is 14.0 Å². The minimum absolute atomic E-state index is 0.124. The molecule has 9 heteroatoms. The van der Waals surface area contributed by atoms with Gasteiger partial charge in [-0.15, -0.1) is 0 Å². The van der Waals surface area contributed by atoms with Gasteiger partial charge in [-0.1, -0.05) is 55.7 Å². The molecular weight excluding hydrogens is 477 g/mol. The summed E-state index contributed by atoms with van der Waals surface area (Å²) in [5.74, 6) is -0.462. The molecule has 7 nitrogen and oxygen atoms in total. The van der Waals surface area contributed by atoms with Crippen LogP contribution in [-0.2, 0) is 11.3 Å². The number of aromatic nitrogens is 2. The number of carbonyl (C=O) groups is 2. The summed E-state index contributed by atoms with van der Waals surface area (Å²) in [6.07, 6.45) is 9.52. The fourth-order valence-electron chi connectivity index (χ4n) is 4.17. The highest BCUT2D eigenvalue weighted by Gasteiger charge is 2.25. The second-order valence-corrected chi connectivity index (χ2v) is 9.59. The number of halogens is 1. The van der Waals surface area contributed by atoms with Gasteiger partial charge < -0.3 is 11.1 Å². The Morgan fingerprint density at radius 1 is 1.08 bits per heavy atom. The summed E-state index contributed by atoms with van der Waals surface area (Å²) in [5, 5.41) is 5.41. The molecule has 1 saturated carbocycles. The van der Waals surface area contributed by atoms with Crippen LogP contribution in [0, 0.1) is 5.82 Å². The lowest BCUT2D eigenvalue weighted by molar-refractivity contribution is -0.115. The van der Waals surface area contributed by atoms with Crippen LogP contribution in [0.2, 0.25) is 0 Å². The third-order valence-corrected chi connectivity index (χ3v) is 6.77. The Bertz CT molecular complexity index is 1250. The number of anilines is 1. The first-order chi connectivity index (χ1) is 17.5. The molecule has 1 aliphatic heterocycles. The number of nitrogens with zero attached hydrogens (tertiary/aromatic N) is 2. The van der Waals surface area contributed by atoms with E-state index in [2.05, 4.69) is 20.6 Å². The maximum Gasteiger partial charge on any atom is 0.290 e. The highest BCUT2D eigenvalue weighted by Crippen LogP contribution is 2.26. The minimum Gasteiger partial charge on any atom is -0.368 e. The molecule has 36 heavy (non-hydrogen) atoms. The van der Waals surface area contributed by atoms with Gasteiger partial charge in [0, 0.05) is 18.8 Å². The molecule has 0 atom stereocenters. The van der Waals surface area contributed by atoms with Crippen molar-refractivity contribution < 1.29 is 14.0 Å². The molecule has 0 spiro atoms. The largest absolute Gasteiger partial charge is 0.368 e. The molecule has 2 heterocycles. The van der Waals surface area contributed by atoms with Crippen LogP contribution in [0.1, 0.15) is 43.4 Å². The molecule has 4 N–H and O–H groups in total. The summed E-state index contributed by atoms with van der Waals surface area (Å²) in [4.78, 5) is 29.9. The second-order valence-electron chi connectivity index (χ2n) is 8.58. The molecule has 2 aromatic carbocycles. The molecule has 1 aromatic heterocycles. The van der Waals surface area contributed by atoms with Gasteiger partial charge in [0.05, 0.1) is 10.6 Å². The molecule has 2 fully saturated rings. The number of imide groups is 1. The summed E-state index contributed by atoms with van der Waals surface area (Å²) in [6.45, 7) is 0.815. The van der Waals surface area contributed by atoms with Crippen molar-refractivity contribution in [3.63, 3.8) is 0 Å². The van der Waals surface area contributed by atoms with E-state index in [0.29, 0.717) is 16.6 Å². The molecule has 1 aliphatic carbocycles. The third-order valence-electron chi connectivity index (χ3n) is 5.96. The standard InChI is InChI=1S/C19H22FN.C8H6N4O2S/c20-17-12-11-16(14-21-18-9-5-2-6-10-18)19(13-17)15-7-3-1-4-8-15;9-7-10-2-1-4(11-7)3-5-6(13)12-8(14)15-5/h1,3-4,7-8,11-13,18,21H,2,5-6,9-10,14H2;1-3H,(H2,9,10,11)(H,12,13,14)/b;5-3-. The zero-order valence-corrected chi connectivity index (χ0v) is 20.6. The van der Waals surface area contributed by atoms with E-state index in [1.807, 2.05) is 36.4 Å². The van der Waals surface area contributed by atoms with Crippen molar-refractivity contribution >= 4 is 34.9 Å². The van der Waals surface area contributed by atoms with Crippen molar-refractivity contribution in [3.05, 3.63) is 82.8 Å². The van der Waals surface area contributed by atoms with Gasteiger partial charge in [0.2, 0.25) is 5.95 Å². The first kappa shape index (κ1) is 25.5. The van der Waals surface area contributed by atoms with Gasteiger partial charge in [-0.2, -0.15) is 0 Å². The van der Waals surface area contributed by atoms with Crippen LogP contribution in [-0.4, -0.2) is 27.2 Å². The number of amides is 2. The number of nitrogens with two attached hydrogens (primary N) is 1. The molecule has 0 unspecified atom stereocenters. The second kappa shape index (κ2) is 12.4. The summed E-state index contributed by atoms with van der Waals surface area (Å²) in [6, 6.07) is 17.4. The van der Waals surface area contributed by atoms with Crippen LogP contribution in [0.4, 0.5) is 15.1 Å². The number of nitrogen functional groups attached to an aromatic ring is 1. The Kier molecular flexibility index (Phi) is 8.80. The molecule has 0 radical (unpaired) electrons. The number of thioether (sulfide) groups is 1. The first-order valence-corrected chi connectivity index (χ1v) is 12.7. The fourth-order valence-corrected chi connectivity index (χ4v) is 4.84. The van der Waals surface area contributed by atoms with Gasteiger partial charge >= 0.3 is 0 Å². The number of hydrogen-bond donors (Lipinski definition) is 3. The van der Waals surface area contributed by atoms with Crippen molar-refractivity contribution in [1.82, 2.24) is 20.6 Å². The van der Waals surface area contributed by atoms with E-state index >= 15 is 0 Å². The van der Waals surface area contributed by atoms with Crippen molar-refractivity contribution in [2.75, 3.05) is 5.73 Å². The quantitative estimate of drug-likeness (QED) is 0.404. The molecule has 2 aliphatic rings. The number of carbonyl (C=O) groups excluding carboxylic acids is 2. The minimum atomic E-state index is -0.415. The summed E-state index contributed by atoms with van der Waals surface area (Å²) >= 11 is 0.835. The Labute approximate surface area is 213 Å². The lowest BCUT2D eigenvalue weighted by Crippen LogP contribution is -2.30. The molecule has 0 bridgehead atoms. The van der Waals surface area contributed by atoms with E-state index in [1.54, 1.807) is 18.2 Å². The van der Waals surface area contributed by atoms with Crippen LogP contribution in [0.25, 0.3) is 17.2 Å². The smallest absolute Gasteiger partial charge is 0.290 e. The molecule has 3 aromatic rings. The molecule has 1 saturated heterocycles. The normalized spacial score (nSPS) is 17.0. The Morgan fingerprint density at radius 2 is 1.86 bits per heavy atom. The maximum atomic E-state index is 13.6. The average molecular weight is 506 g/mol. The van der Waals surface area contributed by atoms with Gasteiger partial charge in [0.15, 0.2) is 0 Å². The van der Waals surface area contributed by atoms with E-state index in [1.165, 1.54) is 49.9 Å². The van der Waals surface area contributed by atoms with Gasteiger partial charge in [0.1, 0.15) is 5.82 Å². The van der Waals surface area contributed by atoms with Crippen LogP contribution < -0.4 is 16.4 Å². The van der Waals surface area contributed by atoms with Gasteiger partial charge in [-0.25, -0.2) is 14.4 Å². The van der Waals surface area contributed by atoms with Crippen LogP contribution in [0.15, 0.2) is 65.7 Å². The Hall–Kier alpha value is -3.56. The zero-order chi connectivity index (χ0) is 25.3. The molecule has 5 rings (SSSR count). The molecule has 2 amide bonds. The van der Waals surface area contributed by atoms with Crippen molar-refractivity contribution in [2.45, 2.75) is 44.7 Å². The van der Waals surface area contributed by atoms with Gasteiger partial charge in [-0.3, -0.25) is 14.9 Å². The van der Waals surface area contributed by atoms with Crippen LogP contribution >= 0.6 is 11.8 Å². The number of rotatable bonds is 5. The van der Waals surface area contributed by atoms with Gasteiger partial charge in [0.25, 0.3) is 11.1 Å². The topological polar surface area (TPSA) is 110 Å². The fraction of sp³-hybridized carbons (Fsp3) is 0.259. The van der Waals surface area contributed by atoms with E-state index < -0.39 is 5.91 Å². The Morgan fingerprint density at radius 3 is 2.56 bits per heavy atom. The maximum absolute atomic E-state index is 13.6. The zero-order valence-electron chi connectivity index (χ0n) is 19.7. The summed E-state index contributed by atoms with van der Waals surface area (Å²) in [5.41, 5.74) is 9.12. The Balaban J connectivity index is 0.000000179. The van der Waals surface area contributed by atoms with Crippen LogP contribution in [0.3, 0.4) is 0 Å². The average Bonchev–Trinajstić information content (AvgIpc) is 3.21. The van der Waals surface area contributed by atoms with Crippen LogP contribution in [0.5, 0.6) is 0 Å². The van der Waals surface area contributed by atoms with Crippen molar-refractivity contribution in [1.29, 1.82) is 0 Å². The molecule has 186 valence electrons. The first-order valence-electron chi connectivity index (χ1n) is 11.9. The predicted octanol–water partition coefficient (Wildman–Crippen LogP) is 5.30. The lowest BCUT2D eigenvalue weighted by Gasteiger charge is -2.23. The third kappa shape index (κ3) is 7.22. The highest BCUT2D eigenvalue weighted by atomic mass is 32.2. The highest BCUT2D eigenvalue weighted by molar-refractivity contribution is 8.18. The van der Waals surface area contributed by atoms with E-state index in [0.717, 1.165) is 29.4 Å². The predicted molar refractivity (Wildman–Crippen MR) is 141 cm³/mol. The summed E-state index contributed by atoms with van der Waals surface area (Å²) < 4.78 is 13.6.